The minimum atomic E-state index is -1.53. The van der Waals surface area contributed by atoms with Gasteiger partial charge in [-0.15, -0.1) is 0 Å². The number of rotatable bonds is 6. The summed E-state index contributed by atoms with van der Waals surface area (Å²) in [6.45, 7) is 4.86. The van der Waals surface area contributed by atoms with Gasteiger partial charge in [-0.1, -0.05) is 30.3 Å². The van der Waals surface area contributed by atoms with Crippen molar-refractivity contribution in [1.82, 2.24) is 14.0 Å². The zero-order valence-corrected chi connectivity index (χ0v) is 24.5. The van der Waals surface area contributed by atoms with Gasteiger partial charge < -0.3 is 14.2 Å². The minimum Gasteiger partial charge on any atom is -0.467 e. The largest absolute Gasteiger partial charge is 0.467 e. The number of halogens is 1. The van der Waals surface area contributed by atoms with Gasteiger partial charge in [0.1, 0.15) is 24.1 Å². The monoisotopic (exact) mass is 595 g/mol. The van der Waals surface area contributed by atoms with Crippen LogP contribution in [-0.4, -0.2) is 56.5 Å². The molecule has 0 saturated carbocycles. The van der Waals surface area contributed by atoms with E-state index in [9.17, 15) is 28.4 Å². The van der Waals surface area contributed by atoms with Gasteiger partial charge in [-0.25, -0.2) is 28.1 Å². The molecule has 2 saturated heterocycles. The minimum absolute atomic E-state index is 0.0513. The van der Waals surface area contributed by atoms with Crippen molar-refractivity contribution in [2.75, 3.05) is 7.11 Å². The molecule has 1 aromatic heterocycles. The lowest BCUT2D eigenvalue weighted by molar-refractivity contribution is -0.146. The summed E-state index contributed by atoms with van der Waals surface area (Å²) in [4.78, 5) is 69.3. The summed E-state index contributed by atoms with van der Waals surface area (Å²) in [5.74, 6) is -1.70. The normalized spacial score (nSPS) is 20.2. The number of nitrogens with zero attached hydrogens (tertiary/aromatic N) is 3. The SMILES string of the molecule is COC(=O)C(CC12CCC(CC1)N2C(=O)OCc1ccccc1)n1c(=O)c2cc(F)ccc2n(C(=O)OC(C)(C)C)c1=O. The molecule has 0 spiro atoms. The maximum Gasteiger partial charge on any atom is 0.423 e. The van der Waals surface area contributed by atoms with Crippen LogP contribution in [0, 0.1) is 5.82 Å². The number of carbonyl (C=O) groups excluding carboxylic acids is 3. The van der Waals surface area contributed by atoms with Crippen LogP contribution >= 0.6 is 0 Å². The number of aromatic nitrogens is 2. The molecule has 2 aliphatic rings. The number of carbonyl (C=O) groups is 3. The van der Waals surface area contributed by atoms with E-state index in [0.29, 0.717) is 34.8 Å². The number of benzene rings is 2. The fourth-order valence-corrected chi connectivity index (χ4v) is 6.30. The first-order valence-corrected chi connectivity index (χ1v) is 14.1. The van der Waals surface area contributed by atoms with E-state index in [1.807, 2.05) is 30.3 Å². The number of amides is 1. The van der Waals surface area contributed by atoms with Crippen LogP contribution in [0.1, 0.15) is 64.5 Å². The van der Waals surface area contributed by atoms with Gasteiger partial charge in [0.15, 0.2) is 0 Å². The molecule has 3 aromatic rings. The second kappa shape index (κ2) is 11.3. The van der Waals surface area contributed by atoms with Crippen molar-refractivity contribution < 1.29 is 33.0 Å². The third-order valence-electron chi connectivity index (χ3n) is 8.14. The van der Waals surface area contributed by atoms with Gasteiger partial charge >= 0.3 is 23.8 Å². The second-order valence-corrected chi connectivity index (χ2v) is 12.0. The molecule has 0 aliphatic carbocycles. The van der Waals surface area contributed by atoms with Gasteiger partial charge in [-0.2, -0.15) is 4.57 Å². The van der Waals surface area contributed by atoms with Gasteiger partial charge in [-0.05, 0) is 70.2 Å². The lowest BCUT2D eigenvalue weighted by atomic mass is 9.82. The molecule has 3 heterocycles. The zero-order chi connectivity index (χ0) is 31.1. The Morgan fingerprint density at radius 3 is 2.33 bits per heavy atom. The Kier molecular flexibility index (Phi) is 7.89. The van der Waals surface area contributed by atoms with E-state index in [0.717, 1.165) is 30.9 Å². The van der Waals surface area contributed by atoms with Crippen molar-refractivity contribution >= 4 is 29.1 Å². The quantitative estimate of drug-likeness (QED) is 0.301. The fourth-order valence-electron chi connectivity index (χ4n) is 6.30. The smallest absolute Gasteiger partial charge is 0.423 e. The summed E-state index contributed by atoms with van der Waals surface area (Å²) >= 11 is 0. The van der Waals surface area contributed by atoms with E-state index in [-0.39, 0.29) is 30.0 Å². The van der Waals surface area contributed by atoms with Gasteiger partial charge in [0, 0.05) is 18.0 Å². The number of methoxy groups -OCH3 is 1. The molecular weight excluding hydrogens is 561 g/mol. The first-order valence-electron chi connectivity index (χ1n) is 14.1. The number of esters is 1. The number of fused-ring (bicyclic) bond motifs is 3. The molecule has 12 heteroatoms. The summed E-state index contributed by atoms with van der Waals surface area (Å²) in [5, 5.41) is -0.299. The molecule has 2 aliphatic heterocycles. The summed E-state index contributed by atoms with van der Waals surface area (Å²) in [6.07, 6.45) is 0.485. The topological polar surface area (TPSA) is 126 Å². The molecule has 228 valence electrons. The van der Waals surface area contributed by atoms with Crippen molar-refractivity contribution in [2.24, 2.45) is 0 Å². The van der Waals surface area contributed by atoms with Crippen LogP contribution in [0.2, 0.25) is 0 Å². The summed E-state index contributed by atoms with van der Waals surface area (Å²) < 4.78 is 31.7. The molecule has 5 rings (SSSR count). The number of ether oxygens (including phenoxy) is 3. The molecule has 2 fully saturated rings. The molecule has 2 bridgehead atoms. The van der Waals surface area contributed by atoms with Gasteiger partial charge in [0.25, 0.3) is 5.56 Å². The van der Waals surface area contributed by atoms with Crippen LogP contribution < -0.4 is 11.2 Å². The highest BCUT2D eigenvalue weighted by Crippen LogP contribution is 2.50. The molecule has 11 nitrogen and oxygen atoms in total. The predicted molar refractivity (Wildman–Crippen MR) is 153 cm³/mol. The Bertz CT molecular complexity index is 1680. The van der Waals surface area contributed by atoms with Gasteiger partial charge in [-0.3, -0.25) is 9.69 Å². The number of hydrogen-bond acceptors (Lipinski definition) is 8. The average molecular weight is 596 g/mol. The van der Waals surface area contributed by atoms with Crippen LogP contribution in [0.15, 0.2) is 58.1 Å². The lowest BCUT2D eigenvalue weighted by Crippen LogP contribution is -2.52. The van der Waals surface area contributed by atoms with E-state index in [1.54, 1.807) is 25.7 Å². The summed E-state index contributed by atoms with van der Waals surface area (Å²) in [7, 11) is 1.11. The van der Waals surface area contributed by atoms with E-state index in [2.05, 4.69) is 0 Å². The molecular formula is C31H34FN3O8. The molecule has 1 atom stereocenters. The third-order valence-corrected chi connectivity index (χ3v) is 8.14. The Morgan fingerprint density at radius 2 is 1.70 bits per heavy atom. The molecule has 0 N–H and O–H groups in total. The predicted octanol–water partition coefficient (Wildman–Crippen LogP) is 4.52. The van der Waals surface area contributed by atoms with Crippen LogP contribution in [0.4, 0.5) is 14.0 Å². The molecule has 0 radical (unpaired) electrons. The van der Waals surface area contributed by atoms with E-state index >= 15 is 0 Å². The Balaban J connectivity index is 1.58. The van der Waals surface area contributed by atoms with Crippen LogP contribution in [0.5, 0.6) is 0 Å². The van der Waals surface area contributed by atoms with Crippen LogP contribution in [0.25, 0.3) is 10.9 Å². The van der Waals surface area contributed by atoms with Crippen molar-refractivity contribution in [3.63, 3.8) is 0 Å². The molecule has 1 amide bonds. The highest BCUT2D eigenvalue weighted by Gasteiger charge is 2.56. The van der Waals surface area contributed by atoms with Crippen molar-refractivity contribution in [3.05, 3.63) is 80.7 Å². The second-order valence-electron chi connectivity index (χ2n) is 12.0. The molecule has 43 heavy (non-hydrogen) atoms. The van der Waals surface area contributed by atoms with Crippen LogP contribution in [0.3, 0.4) is 0 Å². The van der Waals surface area contributed by atoms with E-state index in [1.165, 1.54) is 0 Å². The maximum absolute atomic E-state index is 14.4. The first-order chi connectivity index (χ1) is 20.3. The Morgan fingerprint density at radius 1 is 1.02 bits per heavy atom. The lowest BCUT2D eigenvalue weighted by Gasteiger charge is -2.36. The average Bonchev–Trinajstić information content (AvgIpc) is 3.50. The standard InChI is InChI=1S/C31H34FN3O8/c1-30(2,3)43-28(39)34-23-11-10-20(32)16-22(23)25(36)33(27(34)38)24(26(37)41-4)17-31-14-12-21(13-15-31)35(31)29(40)42-18-19-8-6-5-7-9-19/h5-11,16,21,24H,12-15,17-18H2,1-4H3. The van der Waals surface area contributed by atoms with E-state index < -0.39 is 52.4 Å². The Labute approximate surface area is 246 Å². The van der Waals surface area contributed by atoms with Gasteiger partial charge in [0.05, 0.1) is 18.0 Å². The first kappa shape index (κ1) is 30.0. The number of hydrogen-bond donors (Lipinski definition) is 0. The van der Waals surface area contributed by atoms with Crippen LogP contribution in [-0.2, 0) is 25.6 Å². The molecule has 2 aromatic carbocycles. The highest BCUT2D eigenvalue weighted by atomic mass is 19.1. The summed E-state index contributed by atoms with van der Waals surface area (Å²) in [5.41, 5.74) is -3.41. The Hall–Kier alpha value is -4.48. The zero-order valence-electron chi connectivity index (χ0n) is 24.5. The summed E-state index contributed by atoms with van der Waals surface area (Å²) in [6, 6.07) is 10.6. The highest BCUT2D eigenvalue weighted by molar-refractivity contribution is 5.88. The van der Waals surface area contributed by atoms with Crippen molar-refractivity contribution in [2.45, 2.75) is 82.7 Å². The maximum atomic E-state index is 14.4. The van der Waals surface area contributed by atoms with Crippen molar-refractivity contribution in [1.29, 1.82) is 0 Å². The fraction of sp³-hybridized carbons (Fsp3) is 0.452. The van der Waals surface area contributed by atoms with Gasteiger partial charge in [0.2, 0.25) is 0 Å². The molecule has 1 unspecified atom stereocenters. The van der Waals surface area contributed by atoms with Crippen molar-refractivity contribution in [3.8, 4) is 0 Å². The van der Waals surface area contributed by atoms with E-state index in [4.69, 9.17) is 14.2 Å². The third kappa shape index (κ3) is 5.65.